The summed E-state index contributed by atoms with van der Waals surface area (Å²) in [4.78, 5) is 14.4. The first-order valence-electron chi connectivity index (χ1n) is 9.11. The van der Waals surface area contributed by atoms with Crippen LogP contribution in [-0.4, -0.2) is 62.1 Å². The molecule has 0 atom stereocenters. The number of pyridine rings is 1. The number of carbonyl (C=O) groups excluding carboxylic acids is 1. The Morgan fingerprint density at radius 2 is 2.15 bits per heavy atom. The molecule has 0 unspecified atom stereocenters. The summed E-state index contributed by atoms with van der Waals surface area (Å²) in [5, 5.41) is 15.7. The van der Waals surface area contributed by atoms with Gasteiger partial charge in [-0.05, 0) is 25.0 Å². The summed E-state index contributed by atoms with van der Waals surface area (Å²) in [5.41, 5.74) is 1.56. The second-order valence-electron chi connectivity index (χ2n) is 6.66. The lowest BCUT2D eigenvalue weighted by Crippen LogP contribution is -2.40. The van der Waals surface area contributed by atoms with Gasteiger partial charge >= 0.3 is 6.03 Å². The van der Waals surface area contributed by atoms with E-state index in [1.54, 1.807) is 18.0 Å². The minimum absolute atomic E-state index is 0.0918. The van der Waals surface area contributed by atoms with Crippen molar-refractivity contribution in [2.45, 2.75) is 25.3 Å². The van der Waals surface area contributed by atoms with Crippen molar-refractivity contribution in [3.05, 3.63) is 42.6 Å². The van der Waals surface area contributed by atoms with Crippen molar-refractivity contribution in [1.29, 1.82) is 0 Å². The number of hydrogen-bond donors (Lipinski definition) is 1. The molecule has 1 aliphatic heterocycles. The minimum Gasteiger partial charge on any atom is -0.383 e. The number of methoxy groups -OCH3 is 1. The number of hydrogen-bond acceptors (Lipinski definition) is 5. The molecule has 142 valence electrons. The van der Waals surface area contributed by atoms with Gasteiger partial charge in [0.15, 0.2) is 5.65 Å². The van der Waals surface area contributed by atoms with Gasteiger partial charge in [-0.1, -0.05) is 6.07 Å². The zero-order valence-corrected chi connectivity index (χ0v) is 15.3. The Kier molecular flexibility index (Phi) is 5.01. The van der Waals surface area contributed by atoms with Gasteiger partial charge in [0.25, 0.3) is 0 Å². The smallest absolute Gasteiger partial charge is 0.321 e. The van der Waals surface area contributed by atoms with Gasteiger partial charge in [-0.2, -0.15) is 5.10 Å². The third kappa shape index (κ3) is 3.77. The summed E-state index contributed by atoms with van der Waals surface area (Å²) >= 11 is 0. The number of nitrogens with zero attached hydrogens (tertiary/aromatic N) is 6. The molecule has 3 aromatic heterocycles. The largest absolute Gasteiger partial charge is 0.383 e. The number of ether oxygens (including phenoxy) is 1. The second kappa shape index (κ2) is 7.75. The van der Waals surface area contributed by atoms with Crippen LogP contribution in [-0.2, 0) is 11.3 Å². The number of carbonyl (C=O) groups is 1. The summed E-state index contributed by atoms with van der Waals surface area (Å²) in [6.45, 7) is 2.62. The molecule has 0 aromatic carbocycles. The highest BCUT2D eigenvalue weighted by molar-refractivity contribution is 5.89. The number of urea groups is 1. The highest BCUT2D eigenvalue weighted by Crippen LogP contribution is 2.27. The molecule has 1 fully saturated rings. The Balaban J connectivity index is 1.33. The number of likely N-dealkylation sites (tertiary alicyclic amines) is 1. The van der Waals surface area contributed by atoms with Gasteiger partial charge < -0.3 is 15.0 Å². The molecule has 9 nitrogen and oxygen atoms in total. The van der Waals surface area contributed by atoms with E-state index in [2.05, 4.69) is 20.6 Å². The fraction of sp³-hybridized carbons (Fsp3) is 0.444. The Hall–Kier alpha value is -2.94. The van der Waals surface area contributed by atoms with Crippen LogP contribution < -0.4 is 5.32 Å². The third-order valence-corrected chi connectivity index (χ3v) is 4.90. The van der Waals surface area contributed by atoms with E-state index < -0.39 is 0 Å². The molecule has 0 saturated carbocycles. The maximum atomic E-state index is 12.5. The number of anilines is 1. The molecule has 9 heteroatoms. The van der Waals surface area contributed by atoms with E-state index in [4.69, 9.17) is 4.74 Å². The molecule has 2 amide bonds. The highest BCUT2D eigenvalue weighted by atomic mass is 16.5. The summed E-state index contributed by atoms with van der Waals surface area (Å²) in [6.07, 6.45) is 7.20. The van der Waals surface area contributed by atoms with Crippen molar-refractivity contribution < 1.29 is 9.53 Å². The summed E-state index contributed by atoms with van der Waals surface area (Å²) in [6, 6.07) is 5.80. The maximum Gasteiger partial charge on any atom is 0.321 e. The lowest BCUT2D eigenvalue weighted by atomic mass is 9.96. The molecule has 1 saturated heterocycles. The zero-order chi connectivity index (χ0) is 18.6. The number of nitrogens with one attached hydrogen (secondary N) is 1. The van der Waals surface area contributed by atoms with E-state index in [1.807, 2.05) is 39.9 Å². The van der Waals surface area contributed by atoms with Crippen molar-refractivity contribution in [2.75, 3.05) is 32.1 Å². The number of rotatable bonds is 5. The molecule has 4 heterocycles. The molecule has 0 radical (unpaired) electrons. The summed E-state index contributed by atoms with van der Waals surface area (Å²) in [7, 11) is 1.65. The lowest BCUT2D eigenvalue weighted by Gasteiger charge is -2.31. The number of piperidine rings is 1. The van der Waals surface area contributed by atoms with Crippen LogP contribution in [0, 0.1) is 0 Å². The minimum atomic E-state index is -0.0918. The lowest BCUT2D eigenvalue weighted by molar-refractivity contribution is 0.183. The number of fused-ring (bicyclic) bond motifs is 1. The van der Waals surface area contributed by atoms with Crippen molar-refractivity contribution in [3.63, 3.8) is 0 Å². The van der Waals surface area contributed by atoms with Gasteiger partial charge in [0.1, 0.15) is 5.82 Å². The molecule has 0 bridgehead atoms. The highest BCUT2D eigenvalue weighted by Gasteiger charge is 2.27. The molecule has 0 aliphatic carbocycles. The van der Waals surface area contributed by atoms with Crippen LogP contribution >= 0.6 is 0 Å². The molecule has 4 rings (SSSR count). The normalized spacial score (nSPS) is 15.4. The fourth-order valence-corrected chi connectivity index (χ4v) is 3.42. The third-order valence-electron chi connectivity index (χ3n) is 4.90. The van der Waals surface area contributed by atoms with Crippen LogP contribution in [0.5, 0.6) is 0 Å². The molecule has 0 spiro atoms. The van der Waals surface area contributed by atoms with Crippen molar-refractivity contribution in [3.8, 4) is 0 Å². The first kappa shape index (κ1) is 17.5. The van der Waals surface area contributed by atoms with E-state index in [9.17, 15) is 4.79 Å². The summed E-state index contributed by atoms with van der Waals surface area (Å²) < 4.78 is 8.82. The quantitative estimate of drug-likeness (QED) is 0.743. The summed E-state index contributed by atoms with van der Waals surface area (Å²) in [5.74, 6) is 1.29. The Bertz CT molecular complexity index is 911. The van der Waals surface area contributed by atoms with E-state index in [0.29, 0.717) is 37.8 Å². The van der Waals surface area contributed by atoms with Crippen LogP contribution in [0.3, 0.4) is 0 Å². The van der Waals surface area contributed by atoms with Crippen molar-refractivity contribution in [2.24, 2.45) is 0 Å². The van der Waals surface area contributed by atoms with Gasteiger partial charge in [-0.15, -0.1) is 10.2 Å². The van der Waals surface area contributed by atoms with E-state index in [-0.39, 0.29) is 6.03 Å². The standard InChI is InChI=1S/C18H23N7O2/c1-27-11-10-24-13-15(12-19-24)20-18(26)23-8-5-14(6-9-23)17-22-21-16-4-2-3-7-25(16)17/h2-4,7,12-14H,5-6,8-11H2,1H3,(H,20,26). The van der Waals surface area contributed by atoms with Crippen molar-refractivity contribution >= 4 is 17.4 Å². The predicted octanol–water partition coefficient (Wildman–Crippen LogP) is 1.98. The first-order chi connectivity index (χ1) is 13.2. The van der Waals surface area contributed by atoms with Gasteiger partial charge in [0, 0.05) is 38.5 Å². The van der Waals surface area contributed by atoms with Crippen LogP contribution in [0.25, 0.3) is 5.65 Å². The molecule has 27 heavy (non-hydrogen) atoms. The van der Waals surface area contributed by atoms with Crippen LogP contribution in [0.15, 0.2) is 36.8 Å². The Morgan fingerprint density at radius 1 is 1.30 bits per heavy atom. The van der Waals surface area contributed by atoms with Gasteiger partial charge in [0.2, 0.25) is 0 Å². The van der Waals surface area contributed by atoms with Crippen LogP contribution in [0.4, 0.5) is 10.5 Å². The van der Waals surface area contributed by atoms with Crippen LogP contribution in [0.2, 0.25) is 0 Å². The van der Waals surface area contributed by atoms with E-state index in [1.165, 1.54) is 0 Å². The number of amides is 2. The Labute approximate surface area is 156 Å². The SMILES string of the molecule is COCCn1cc(NC(=O)N2CCC(c3nnc4ccccn34)CC2)cn1. The second-order valence-corrected chi connectivity index (χ2v) is 6.66. The monoisotopic (exact) mass is 369 g/mol. The average Bonchev–Trinajstić information content (AvgIpc) is 3.33. The molecule has 3 aromatic rings. The van der Waals surface area contributed by atoms with E-state index >= 15 is 0 Å². The molecular weight excluding hydrogens is 346 g/mol. The fourth-order valence-electron chi connectivity index (χ4n) is 3.42. The maximum absolute atomic E-state index is 12.5. The molecular formula is C18H23N7O2. The van der Waals surface area contributed by atoms with Crippen LogP contribution in [0.1, 0.15) is 24.6 Å². The van der Waals surface area contributed by atoms with Gasteiger partial charge in [0.05, 0.1) is 25.0 Å². The zero-order valence-electron chi connectivity index (χ0n) is 15.3. The van der Waals surface area contributed by atoms with Gasteiger partial charge in [-0.25, -0.2) is 4.79 Å². The average molecular weight is 369 g/mol. The predicted molar refractivity (Wildman–Crippen MR) is 99.7 cm³/mol. The van der Waals surface area contributed by atoms with Gasteiger partial charge in [-0.3, -0.25) is 9.08 Å². The van der Waals surface area contributed by atoms with Crippen molar-refractivity contribution in [1.82, 2.24) is 29.3 Å². The first-order valence-corrected chi connectivity index (χ1v) is 9.11. The number of aromatic nitrogens is 5. The topological polar surface area (TPSA) is 89.6 Å². The molecule has 1 aliphatic rings. The Morgan fingerprint density at radius 3 is 2.96 bits per heavy atom. The van der Waals surface area contributed by atoms with E-state index in [0.717, 1.165) is 24.3 Å². The molecule has 1 N–H and O–H groups in total.